The van der Waals surface area contributed by atoms with Crippen LogP contribution >= 0.6 is 0 Å². The van der Waals surface area contributed by atoms with Crippen molar-refractivity contribution in [1.29, 1.82) is 0 Å². The number of aromatic nitrogens is 5. The summed E-state index contributed by atoms with van der Waals surface area (Å²) in [5.41, 5.74) is 1.90. The van der Waals surface area contributed by atoms with Gasteiger partial charge in [0.05, 0.1) is 12.2 Å². The van der Waals surface area contributed by atoms with Crippen LogP contribution in [0.3, 0.4) is 0 Å². The summed E-state index contributed by atoms with van der Waals surface area (Å²) in [4.78, 5) is 15.8. The van der Waals surface area contributed by atoms with Crippen LogP contribution < -0.4 is 5.32 Å². The molecule has 1 atom stereocenters. The molecule has 0 radical (unpaired) electrons. The van der Waals surface area contributed by atoms with E-state index in [0.717, 1.165) is 11.4 Å². The number of amides is 1. The Kier molecular flexibility index (Phi) is 3.94. The van der Waals surface area contributed by atoms with Gasteiger partial charge in [0.2, 0.25) is 5.91 Å². The molecule has 0 aromatic carbocycles. The molecule has 102 valence electrons. The summed E-state index contributed by atoms with van der Waals surface area (Å²) in [6, 6.07) is 1.94. The molecule has 0 saturated carbocycles. The highest BCUT2D eigenvalue weighted by Crippen LogP contribution is 2.01. The Hall–Kier alpha value is -2.18. The van der Waals surface area contributed by atoms with Crippen LogP contribution in [-0.2, 0) is 17.9 Å². The molecule has 2 rings (SSSR count). The largest absolute Gasteiger partial charge is 0.350 e. The molecule has 2 aromatic rings. The zero-order chi connectivity index (χ0) is 13.8. The number of hydrogen-bond donors (Lipinski definition) is 1. The predicted molar refractivity (Wildman–Crippen MR) is 69.3 cm³/mol. The first-order chi connectivity index (χ1) is 9.04. The molecule has 0 aliphatic rings. The third-order valence-corrected chi connectivity index (χ3v) is 2.73. The van der Waals surface area contributed by atoms with Gasteiger partial charge in [-0.1, -0.05) is 0 Å². The number of nitrogens with zero attached hydrogens (tertiary/aromatic N) is 5. The average Bonchev–Trinajstić information content (AvgIpc) is 2.89. The Morgan fingerprint density at radius 1 is 1.47 bits per heavy atom. The SMILES string of the molecule is Cc1cc(C)n(CC(=O)N[C@@H](C)Cn2cncn2)n1. The van der Waals surface area contributed by atoms with Gasteiger partial charge in [0.1, 0.15) is 19.2 Å². The highest BCUT2D eigenvalue weighted by atomic mass is 16.2. The highest BCUT2D eigenvalue weighted by molar-refractivity contribution is 5.75. The van der Waals surface area contributed by atoms with E-state index in [1.165, 1.54) is 6.33 Å². The number of carbonyl (C=O) groups is 1. The normalized spacial score (nSPS) is 12.4. The Labute approximate surface area is 111 Å². The fraction of sp³-hybridized carbons (Fsp3) is 0.500. The van der Waals surface area contributed by atoms with Crippen molar-refractivity contribution < 1.29 is 4.79 Å². The van der Waals surface area contributed by atoms with E-state index >= 15 is 0 Å². The molecule has 0 aliphatic heterocycles. The molecular weight excluding hydrogens is 244 g/mol. The predicted octanol–water partition coefficient (Wildman–Crippen LogP) is 0.296. The van der Waals surface area contributed by atoms with E-state index in [2.05, 4.69) is 20.5 Å². The third-order valence-electron chi connectivity index (χ3n) is 2.73. The van der Waals surface area contributed by atoms with Gasteiger partial charge in [-0.05, 0) is 26.8 Å². The Morgan fingerprint density at radius 3 is 2.84 bits per heavy atom. The molecular formula is C12H18N6O. The molecule has 2 aromatic heterocycles. The first kappa shape index (κ1) is 13.3. The van der Waals surface area contributed by atoms with Crippen LogP contribution in [0, 0.1) is 13.8 Å². The van der Waals surface area contributed by atoms with Crippen molar-refractivity contribution in [1.82, 2.24) is 29.9 Å². The molecule has 2 heterocycles. The second-order valence-corrected chi connectivity index (χ2v) is 4.67. The van der Waals surface area contributed by atoms with Crippen LogP contribution in [0.25, 0.3) is 0 Å². The van der Waals surface area contributed by atoms with Crippen LogP contribution in [0.15, 0.2) is 18.7 Å². The topological polar surface area (TPSA) is 77.6 Å². The van der Waals surface area contributed by atoms with Crippen LogP contribution in [0.1, 0.15) is 18.3 Å². The van der Waals surface area contributed by atoms with Crippen molar-refractivity contribution in [3.05, 3.63) is 30.1 Å². The minimum absolute atomic E-state index is 0.00818. The fourth-order valence-electron chi connectivity index (χ4n) is 1.94. The minimum Gasteiger partial charge on any atom is -0.350 e. The van der Waals surface area contributed by atoms with Crippen molar-refractivity contribution in [2.45, 2.75) is 39.9 Å². The summed E-state index contributed by atoms with van der Waals surface area (Å²) in [6.07, 6.45) is 3.11. The van der Waals surface area contributed by atoms with E-state index < -0.39 is 0 Å². The van der Waals surface area contributed by atoms with E-state index in [1.54, 1.807) is 15.7 Å². The second kappa shape index (κ2) is 5.64. The monoisotopic (exact) mass is 262 g/mol. The Balaban J connectivity index is 1.85. The number of nitrogens with one attached hydrogen (secondary N) is 1. The van der Waals surface area contributed by atoms with Gasteiger partial charge in [-0.3, -0.25) is 14.2 Å². The third kappa shape index (κ3) is 3.64. The smallest absolute Gasteiger partial charge is 0.242 e. The van der Waals surface area contributed by atoms with E-state index in [0.29, 0.717) is 6.54 Å². The van der Waals surface area contributed by atoms with Crippen molar-refractivity contribution in [2.24, 2.45) is 0 Å². The Morgan fingerprint density at radius 2 is 2.26 bits per heavy atom. The lowest BCUT2D eigenvalue weighted by Crippen LogP contribution is -2.38. The zero-order valence-corrected chi connectivity index (χ0v) is 11.4. The summed E-state index contributed by atoms with van der Waals surface area (Å²) in [5, 5.41) is 11.2. The van der Waals surface area contributed by atoms with Gasteiger partial charge < -0.3 is 5.32 Å². The van der Waals surface area contributed by atoms with Crippen molar-refractivity contribution >= 4 is 5.91 Å². The molecule has 0 aliphatic carbocycles. The average molecular weight is 262 g/mol. The van der Waals surface area contributed by atoms with Crippen molar-refractivity contribution in [3.8, 4) is 0 Å². The maximum Gasteiger partial charge on any atom is 0.242 e. The van der Waals surface area contributed by atoms with Crippen LogP contribution in [0.4, 0.5) is 0 Å². The fourth-order valence-corrected chi connectivity index (χ4v) is 1.94. The van der Waals surface area contributed by atoms with Gasteiger partial charge in [0.15, 0.2) is 0 Å². The summed E-state index contributed by atoms with van der Waals surface area (Å²) >= 11 is 0. The van der Waals surface area contributed by atoms with E-state index in [-0.39, 0.29) is 18.5 Å². The first-order valence-corrected chi connectivity index (χ1v) is 6.17. The minimum atomic E-state index is -0.0567. The van der Waals surface area contributed by atoms with E-state index in [9.17, 15) is 4.79 Å². The van der Waals surface area contributed by atoms with Gasteiger partial charge in [0.25, 0.3) is 0 Å². The van der Waals surface area contributed by atoms with Crippen LogP contribution in [0.2, 0.25) is 0 Å². The summed E-state index contributed by atoms with van der Waals surface area (Å²) < 4.78 is 3.39. The van der Waals surface area contributed by atoms with Gasteiger partial charge in [-0.25, -0.2) is 4.98 Å². The van der Waals surface area contributed by atoms with Gasteiger partial charge in [-0.15, -0.1) is 0 Å². The Bertz CT molecular complexity index is 545. The maximum absolute atomic E-state index is 11.9. The lowest BCUT2D eigenvalue weighted by atomic mass is 10.3. The lowest BCUT2D eigenvalue weighted by Gasteiger charge is -2.14. The zero-order valence-electron chi connectivity index (χ0n) is 11.4. The van der Waals surface area contributed by atoms with E-state index in [4.69, 9.17) is 0 Å². The second-order valence-electron chi connectivity index (χ2n) is 4.67. The van der Waals surface area contributed by atoms with Crippen LogP contribution in [0.5, 0.6) is 0 Å². The summed E-state index contributed by atoms with van der Waals surface area (Å²) in [6.45, 7) is 6.62. The van der Waals surface area contributed by atoms with Crippen LogP contribution in [-0.4, -0.2) is 36.5 Å². The number of carbonyl (C=O) groups excluding carboxylic acids is 1. The van der Waals surface area contributed by atoms with Gasteiger partial charge >= 0.3 is 0 Å². The molecule has 0 saturated heterocycles. The molecule has 19 heavy (non-hydrogen) atoms. The molecule has 0 unspecified atom stereocenters. The standard InChI is InChI=1S/C12H18N6O/c1-9-4-11(3)18(16-9)6-12(19)15-10(2)5-17-8-13-7-14-17/h4,7-8,10H,5-6H2,1-3H3,(H,15,19)/t10-/m0/s1. The highest BCUT2D eigenvalue weighted by Gasteiger charge is 2.10. The molecule has 1 amide bonds. The molecule has 7 nitrogen and oxygen atoms in total. The first-order valence-electron chi connectivity index (χ1n) is 6.17. The summed E-state index contributed by atoms with van der Waals surface area (Å²) in [5.74, 6) is -0.0567. The number of aryl methyl sites for hydroxylation is 2. The molecule has 0 fully saturated rings. The van der Waals surface area contributed by atoms with Crippen molar-refractivity contribution in [3.63, 3.8) is 0 Å². The van der Waals surface area contributed by atoms with Crippen molar-refractivity contribution in [2.75, 3.05) is 0 Å². The number of hydrogen-bond acceptors (Lipinski definition) is 4. The molecule has 1 N–H and O–H groups in total. The van der Waals surface area contributed by atoms with Gasteiger partial charge in [0, 0.05) is 11.7 Å². The molecule has 0 spiro atoms. The molecule has 7 heteroatoms. The number of rotatable bonds is 5. The lowest BCUT2D eigenvalue weighted by molar-refractivity contribution is -0.122. The van der Waals surface area contributed by atoms with Gasteiger partial charge in [-0.2, -0.15) is 10.2 Å². The molecule has 0 bridgehead atoms. The summed E-state index contributed by atoms with van der Waals surface area (Å²) in [7, 11) is 0. The van der Waals surface area contributed by atoms with E-state index in [1.807, 2.05) is 26.8 Å². The maximum atomic E-state index is 11.9. The quantitative estimate of drug-likeness (QED) is 0.840.